The highest BCUT2D eigenvalue weighted by molar-refractivity contribution is 7.11. The second kappa shape index (κ2) is 4.54. The lowest BCUT2D eigenvalue weighted by Crippen LogP contribution is -2.48. The first-order chi connectivity index (χ1) is 9.28. The van der Waals surface area contributed by atoms with Crippen LogP contribution in [0.25, 0.3) is 0 Å². The molecule has 1 saturated heterocycles. The van der Waals surface area contributed by atoms with Gasteiger partial charge in [0, 0.05) is 17.5 Å². The number of rotatable bonds is 3. The van der Waals surface area contributed by atoms with Gasteiger partial charge in [-0.15, -0.1) is 11.3 Å². The van der Waals surface area contributed by atoms with E-state index < -0.39 is 0 Å². The molecule has 3 nitrogen and oxygen atoms in total. The molecule has 1 aromatic rings. The van der Waals surface area contributed by atoms with E-state index in [0.29, 0.717) is 6.04 Å². The standard InChI is InChI=1S/C15H22N2OS/c1-10-15(8-9-18-10,17-11-6-7-11)14-16-12-4-2-3-5-13(12)19-14/h10-11,17H,2-9H2,1H3. The van der Waals surface area contributed by atoms with Crippen LogP contribution in [0.15, 0.2) is 0 Å². The molecule has 0 radical (unpaired) electrons. The number of aromatic nitrogens is 1. The van der Waals surface area contributed by atoms with Crippen LogP contribution in [0.1, 0.15) is 54.6 Å². The van der Waals surface area contributed by atoms with Gasteiger partial charge in [0.1, 0.15) is 5.01 Å². The van der Waals surface area contributed by atoms with Gasteiger partial charge in [-0.05, 0) is 51.9 Å². The molecule has 2 atom stereocenters. The largest absolute Gasteiger partial charge is 0.376 e. The monoisotopic (exact) mass is 278 g/mol. The molecule has 104 valence electrons. The van der Waals surface area contributed by atoms with Gasteiger partial charge in [0.2, 0.25) is 0 Å². The van der Waals surface area contributed by atoms with E-state index in [-0.39, 0.29) is 11.6 Å². The Bertz CT molecular complexity index is 459. The van der Waals surface area contributed by atoms with E-state index in [1.807, 2.05) is 11.3 Å². The highest BCUT2D eigenvalue weighted by Gasteiger charge is 2.48. The fourth-order valence-corrected chi connectivity index (χ4v) is 4.82. The van der Waals surface area contributed by atoms with Gasteiger partial charge in [0.15, 0.2) is 0 Å². The van der Waals surface area contributed by atoms with Crippen LogP contribution in [0, 0.1) is 0 Å². The third-order valence-electron chi connectivity index (χ3n) is 4.82. The normalized spacial score (nSPS) is 34.5. The van der Waals surface area contributed by atoms with Gasteiger partial charge in [0.05, 0.1) is 17.3 Å². The van der Waals surface area contributed by atoms with Gasteiger partial charge in [0.25, 0.3) is 0 Å². The van der Waals surface area contributed by atoms with Crippen LogP contribution >= 0.6 is 11.3 Å². The Morgan fingerprint density at radius 1 is 1.32 bits per heavy atom. The minimum Gasteiger partial charge on any atom is -0.376 e. The molecular weight excluding hydrogens is 256 g/mol. The highest BCUT2D eigenvalue weighted by atomic mass is 32.1. The van der Waals surface area contributed by atoms with E-state index in [4.69, 9.17) is 9.72 Å². The summed E-state index contributed by atoms with van der Waals surface area (Å²) in [4.78, 5) is 6.55. The molecule has 2 unspecified atom stereocenters. The Hall–Kier alpha value is -0.450. The Kier molecular flexibility index (Phi) is 2.94. The predicted octanol–water partition coefficient (Wildman–Crippen LogP) is 2.78. The summed E-state index contributed by atoms with van der Waals surface area (Å²) in [5.41, 5.74) is 1.38. The van der Waals surface area contributed by atoms with Crippen molar-refractivity contribution in [2.75, 3.05) is 6.61 Å². The van der Waals surface area contributed by atoms with Gasteiger partial charge in [-0.3, -0.25) is 0 Å². The molecule has 1 aromatic heterocycles. The smallest absolute Gasteiger partial charge is 0.116 e. The van der Waals surface area contributed by atoms with Crippen molar-refractivity contribution in [3.8, 4) is 0 Å². The fraction of sp³-hybridized carbons (Fsp3) is 0.800. The zero-order valence-corrected chi connectivity index (χ0v) is 12.4. The van der Waals surface area contributed by atoms with Gasteiger partial charge < -0.3 is 10.1 Å². The number of thiazole rings is 1. The van der Waals surface area contributed by atoms with Crippen LogP contribution in [0.3, 0.4) is 0 Å². The van der Waals surface area contributed by atoms with E-state index in [1.54, 1.807) is 0 Å². The first-order valence-corrected chi connectivity index (χ1v) is 8.48. The quantitative estimate of drug-likeness (QED) is 0.923. The van der Waals surface area contributed by atoms with Crippen molar-refractivity contribution in [2.24, 2.45) is 0 Å². The van der Waals surface area contributed by atoms with Crippen LogP contribution in [0.2, 0.25) is 0 Å². The van der Waals surface area contributed by atoms with Gasteiger partial charge in [-0.2, -0.15) is 0 Å². The molecule has 0 aromatic carbocycles. The molecule has 1 N–H and O–H groups in total. The summed E-state index contributed by atoms with van der Waals surface area (Å²) in [6.07, 6.45) is 9.04. The summed E-state index contributed by atoms with van der Waals surface area (Å²) in [6, 6.07) is 0.699. The van der Waals surface area contributed by atoms with Gasteiger partial charge in [-0.1, -0.05) is 0 Å². The molecule has 0 bridgehead atoms. The average molecular weight is 278 g/mol. The molecular formula is C15H22N2OS. The van der Waals surface area contributed by atoms with E-state index in [0.717, 1.165) is 13.0 Å². The van der Waals surface area contributed by atoms with E-state index in [9.17, 15) is 0 Å². The summed E-state index contributed by atoms with van der Waals surface area (Å²) >= 11 is 1.95. The maximum absolute atomic E-state index is 5.89. The van der Waals surface area contributed by atoms with E-state index >= 15 is 0 Å². The third-order valence-corrected chi connectivity index (χ3v) is 6.16. The maximum atomic E-state index is 5.89. The highest BCUT2D eigenvalue weighted by Crippen LogP contribution is 2.42. The number of hydrogen-bond acceptors (Lipinski definition) is 4. The summed E-state index contributed by atoms with van der Waals surface area (Å²) in [5.74, 6) is 0. The van der Waals surface area contributed by atoms with Gasteiger partial charge in [-0.25, -0.2) is 4.98 Å². The molecule has 0 spiro atoms. The summed E-state index contributed by atoms with van der Waals surface area (Å²) in [5, 5.41) is 5.17. The van der Waals surface area contributed by atoms with E-state index in [1.165, 1.54) is 54.1 Å². The lowest BCUT2D eigenvalue weighted by molar-refractivity contribution is 0.0809. The molecule has 0 amide bonds. The van der Waals surface area contributed by atoms with Crippen molar-refractivity contribution in [1.29, 1.82) is 0 Å². The van der Waals surface area contributed by atoms with Crippen molar-refractivity contribution >= 4 is 11.3 Å². The topological polar surface area (TPSA) is 34.1 Å². The minimum atomic E-state index is 0.00315. The van der Waals surface area contributed by atoms with Gasteiger partial charge >= 0.3 is 0 Å². The number of ether oxygens (including phenoxy) is 1. The molecule has 19 heavy (non-hydrogen) atoms. The Labute approximate surface area is 118 Å². The van der Waals surface area contributed by atoms with Crippen LogP contribution in [0.4, 0.5) is 0 Å². The molecule has 4 rings (SSSR count). The zero-order valence-electron chi connectivity index (χ0n) is 11.6. The van der Waals surface area contributed by atoms with Crippen molar-refractivity contribution in [1.82, 2.24) is 10.3 Å². The second-order valence-electron chi connectivity index (χ2n) is 6.25. The van der Waals surface area contributed by atoms with Crippen LogP contribution in [0.5, 0.6) is 0 Å². The van der Waals surface area contributed by atoms with Crippen molar-refractivity contribution in [3.05, 3.63) is 15.6 Å². The minimum absolute atomic E-state index is 0.00315. The lowest BCUT2D eigenvalue weighted by Gasteiger charge is -2.31. The first-order valence-electron chi connectivity index (χ1n) is 7.66. The number of fused-ring (bicyclic) bond motifs is 1. The van der Waals surface area contributed by atoms with E-state index in [2.05, 4.69) is 12.2 Å². The summed E-state index contributed by atoms with van der Waals surface area (Å²) < 4.78 is 5.89. The Morgan fingerprint density at radius 3 is 2.84 bits per heavy atom. The summed E-state index contributed by atoms with van der Waals surface area (Å²) in [6.45, 7) is 3.08. The average Bonchev–Trinajstić information content (AvgIpc) is 2.99. The van der Waals surface area contributed by atoms with Crippen LogP contribution in [-0.2, 0) is 23.1 Å². The first kappa shape index (κ1) is 12.3. The van der Waals surface area contributed by atoms with Crippen molar-refractivity contribution < 1.29 is 4.74 Å². The number of hydrogen-bond donors (Lipinski definition) is 1. The van der Waals surface area contributed by atoms with Crippen LogP contribution < -0.4 is 5.32 Å². The van der Waals surface area contributed by atoms with Crippen molar-refractivity contribution in [2.45, 2.75) is 69.6 Å². The fourth-order valence-electron chi connectivity index (χ4n) is 3.41. The maximum Gasteiger partial charge on any atom is 0.116 e. The second-order valence-corrected chi connectivity index (χ2v) is 7.33. The molecule has 1 aliphatic heterocycles. The number of nitrogens with one attached hydrogen (secondary N) is 1. The number of nitrogens with zero attached hydrogens (tertiary/aromatic N) is 1. The third kappa shape index (κ3) is 2.05. The van der Waals surface area contributed by atoms with Crippen molar-refractivity contribution in [3.63, 3.8) is 0 Å². The molecule has 4 heteroatoms. The predicted molar refractivity (Wildman–Crippen MR) is 76.6 cm³/mol. The molecule has 2 aliphatic carbocycles. The molecule has 2 fully saturated rings. The molecule has 2 heterocycles. The SMILES string of the molecule is CC1OCCC1(NC1CC1)c1nc2c(s1)CCCC2. The Balaban J connectivity index is 1.71. The lowest BCUT2D eigenvalue weighted by atomic mass is 9.92. The van der Waals surface area contributed by atoms with Crippen LogP contribution in [-0.4, -0.2) is 23.7 Å². The Morgan fingerprint density at radius 2 is 2.16 bits per heavy atom. The summed E-state index contributed by atoms with van der Waals surface area (Å²) in [7, 11) is 0. The zero-order chi connectivity index (χ0) is 12.9. The number of aryl methyl sites for hydroxylation is 2. The molecule has 1 saturated carbocycles. The molecule has 3 aliphatic rings.